The van der Waals surface area contributed by atoms with Crippen LogP contribution in [0.4, 0.5) is 0 Å². The van der Waals surface area contributed by atoms with E-state index in [0.717, 1.165) is 23.8 Å². The summed E-state index contributed by atoms with van der Waals surface area (Å²) in [5, 5.41) is 1.00. The topological polar surface area (TPSA) is 18.5 Å². The molecule has 0 atom stereocenters. The van der Waals surface area contributed by atoms with Crippen LogP contribution in [0, 0.1) is 0 Å². The second-order valence-corrected chi connectivity index (χ2v) is 8.06. The number of hydrogen-bond acceptors (Lipinski definition) is 2. The van der Waals surface area contributed by atoms with Gasteiger partial charge in [0.15, 0.2) is 0 Å². The number of halogens is 1. The second-order valence-electron chi connectivity index (χ2n) is 3.77. The van der Waals surface area contributed by atoms with Crippen LogP contribution < -0.4 is 0 Å². The molecule has 1 aromatic carbocycles. The van der Waals surface area contributed by atoms with E-state index in [9.17, 15) is 0 Å². The Morgan fingerprint density at radius 1 is 1.12 bits per heavy atom. The molecule has 2 nitrogen and oxygen atoms in total. The van der Waals surface area contributed by atoms with Crippen molar-refractivity contribution in [2.24, 2.45) is 0 Å². The summed E-state index contributed by atoms with van der Waals surface area (Å²) in [6.45, 7) is 0. The Bertz CT molecular complexity index is 288. The van der Waals surface area contributed by atoms with Crippen molar-refractivity contribution in [3.8, 4) is 0 Å². The van der Waals surface area contributed by atoms with E-state index in [1.165, 1.54) is 5.56 Å². The van der Waals surface area contributed by atoms with Crippen LogP contribution in [0.5, 0.6) is 0 Å². The zero-order valence-corrected chi connectivity index (χ0v) is 12.5. The molecule has 0 unspecified atom stereocenters. The van der Waals surface area contributed by atoms with Crippen molar-refractivity contribution in [2.45, 2.75) is 18.5 Å². The van der Waals surface area contributed by atoms with Gasteiger partial charge in [0.25, 0.3) is 0 Å². The van der Waals surface area contributed by atoms with Crippen LogP contribution in [0.15, 0.2) is 30.3 Å². The van der Waals surface area contributed by atoms with Gasteiger partial charge in [0.2, 0.25) is 0 Å². The smallest absolute Gasteiger partial charge is 0.342 e. The fraction of sp³-hybridized carbons (Fsp3) is 0.500. The number of benzene rings is 1. The fourth-order valence-electron chi connectivity index (χ4n) is 1.76. The summed E-state index contributed by atoms with van der Waals surface area (Å²) in [6.07, 6.45) is 1.10. The Morgan fingerprint density at radius 2 is 1.75 bits per heavy atom. The maximum absolute atomic E-state index is 5.69. The molecule has 90 valence electrons. The molecule has 0 spiro atoms. The van der Waals surface area contributed by atoms with Crippen molar-refractivity contribution >= 4 is 24.5 Å². The van der Waals surface area contributed by atoms with Gasteiger partial charge >= 0.3 is 8.56 Å². The Hall–Kier alpha value is -0.163. The highest BCUT2D eigenvalue weighted by atomic mass is 79.9. The molecule has 0 heterocycles. The molecular formula is C12H19BrO2Si. The van der Waals surface area contributed by atoms with Gasteiger partial charge in [0.05, 0.1) is 0 Å². The molecule has 0 fully saturated rings. The van der Waals surface area contributed by atoms with Crippen LogP contribution in [-0.4, -0.2) is 28.1 Å². The first-order valence-electron chi connectivity index (χ1n) is 5.46. The van der Waals surface area contributed by atoms with Gasteiger partial charge in [0.1, 0.15) is 0 Å². The lowest BCUT2D eigenvalue weighted by Crippen LogP contribution is -2.43. The summed E-state index contributed by atoms with van der Waals surface area (Å²) < 4.78 is 11.4. The molecule has 0 aliphatic heterocycles. The Kier molecular flexibility index (Phi) is 6.27. The zero-order chi connectivity index (χ0) is 11.9. The lowest BCUT2D eigenvalue weighted by Gasteiger charge is -2.27. The minimum atomic E-state index is -2.04. The van der Waals surface area contributed by atoms with Gasteiger partial charge in [-0.25, -0.2) is 0 Å². The fourth-order valence-corrected chi connectivity index (χ4v) is 5.17. The minimum absolute atomic E-state index is 0.924. The first-order chi connectivity index (χ1) is 7.76. The third-order valence-electron chi connectivity index (χ3n) is 2.75. The largest absolute Gasteiger partial charge is 0.397 e. The lowest BCUT2D eigenvalue weighted by molar-refractivity contribution is 0.240. The average Bonchev–Trinajstić information content (AvgIpc) is 2.36. The van der Waals surface area contributed by atoms with Gasteiger partial charge in [-0.15, -0.1) is 0 Å². The van der Waals surface area contributed by atoms with E-state index in [4.69, 9.17) is 8.85 Å². The highest BCUT2D eigenvalue weighted by Gasteiger charge is 2.34. The van der Waals surface area contributed by atoms with Crippen LogP contribution in [-0.2, 0) is 14.9 Å². The standard InChI is InChI=1S/C12H19BrO2Si/c1-14-16(15-2,10-6-9-13)11-12-7-4-3-5-8-12/h3-5,7-8H,6,9-11H2,1-2H3. The predicted molar refractivity (Wildman–Crippen MR) is 73.1 cm³/mol. The summed E-state index contributed by atoms with van der Waals surface area (Å²) >= 11 is 3.46. The quantitative estimate of drug-likeness (QED) is 0.568. The molecule has 1 aromatic rings. The van der Waals surface area contributed by atoms with Gasteiger partial charge < -0.3 is 8.85 Å². The van der Waals surface area contributed by atoms with E-state index in [1.54, 1.807) is 14.2 Å². The summed E-state index contributed by atoms with van der Waals surface area (Å²) in [5.74, 6) is 0. The van der Waals surface area contributed by atoms with E-state index in [-0.39, 0.29) is 0 Å². The van der Waals surface area contributed by atoms with Crippen LogP contribution in [0.2, 0.25) is 6.04 Å². The van der Waals surface area contributed by atoms with E-state index in [1.807, 2.05) is 6.07 Å². The van der Waals surface area contributed by atoms with Crippen molar-refractivity contribution in [3.05, 3.63) is 35.9 Å². The Balaban J connectivity index is 2.70. The van der Waals surface area contributed by atoms with Crippen LogP contribution in [0.25, 0.3) is 0 Å². The highest BCUT2D eigenvalue weighted by Crippen LogP contribution is 2.20. The normalized spacial score (nSPS) is 11.7. The van der Waals surface area contributed by atoms with Gasteiger partial charge in [-0.1, -0.05) is 46.3 Å². The molecule has 0 saturated carbocycles. The summed E-state index contributed by atoms with van der Waals surface area (Å²) in [7, 11) is 1.51. The van der Waals surface area contributed by atoms with Crippen molar-refractivity contribution < 1.29 is 8.85 Å². The first-order valence-corrected chi connectivity index (χ1v) is 8.82. The number of alkyl halides is 1. The summed E-state index contributed by atoms with van der Waals surface area (Å²) in [6, 6.07) is 12.4. The zero-order valence-electron chi connectivity index (χ0n) is 9.91. The van der Waals surface area contributed by atoms with Crippen LogP contribution in [0.3, 0.4) is 0 Å². The average molecular weight is 303 g/mol. The third kappa shape index (κ3) is 4.01. The molecule has 0 N–H and O–H groups in total. The van der Waals surface area contributed by atoms with Crippen molar-refractivity contribution in [1.29, 1.82) is 0 Å². The van der Waals surface area contributed by atoms with E-state index < -0.39 is 8.56 Å². The molecule has 4 heteroatoms. The van der Waals surface area contributed by atoms with Gasteiger partial charge in [-0.05, 0) is 18.0 Å². The number of hydrogen-bond donors (Lipinski definition) is 0. The van der Waals surface area contributed by atoms with Crippen molar-refractivity contribution in [1.82, 2.24) is 0 Å². The van der Waals surface area contributed by atoms with E-state index in [0.29, 0.717) is 0 Å². The summed E-state index contributed by atoms with van der Waals surface area (Å²) in [4.78, 5) is 0. The maximum Gasteiger partial charge on any atom is 0.342 e. The maximum atomic E-state index is 5.69. The molecule has 0 aliphatic carbocycles. The molecule has 0 bridgehead atoms. The Labute approximate surface area is 107 Å². The number of rotatable bonds is 7. The Morgan fingerprint density at radius 3 is 2.25 bits per heavy atom. The predicted octanol–water partition coefficient (Wildman–Crippen LogP) is 3.29. The molecule has 0 amide bonds. The molecule has 1 rings (SSSR count). The molecule has 16 heavy (non-hydrogen) atoms. The highest BCUT2D eigenvalue weighted by molar-refractivity contribution is 9.09. The molecule has 0 aliphatic rings. The van der Waals surface area contributed by atoms with Crippen LogP contribution in [0.1, 0.15) is 12.0 Å². The SMILES string of the molecule is CO[Si](CCCBr)(Cc1ccccc1)OC. The minimum Gasteiger partial charge on any atom is -0.397 e. The monoisotopic (exact) mass is 302 g/mol. The molecule has 0 saturated heterocycles. The first kappa shape index (κ1) is 13.9. The summed E-state index contributed by atoms with van der Waals surface area (Å²) in [5.41, 5.74) is 1.30. The lowest BCUT2D eigenvalue weighted by atomic mass is 10.2. The van der Waals surface area contributed by atoms with Crippen LogP contribution >= 0.6 is 15.9 Å². The molecule has 0 radical (unpaired) electrons. The third-order valence-corrected chi connectivity index (χ3v) is 6.86. The van der Waals surface area contributed by atoms with Gasteiger partial charge in [-0.2, -0.15) is 0 Å². The van der Waals surface area contributed by atoms with E-state index >= 15 is 0 Å². The molecular weight excluding hydrogens is 284 g/mol. The van der Waals surface area contributed by atoms with E-state index in [2.05, 4.69) is 40.2 Å². The van der Waals surface area contributed by atoms with Crippen molar-refractivity contribution in [3.63, 3.8) is 0 Å². The van der Waals surface area contributed by atoms with Gasteiger partial charge in [0, 0.05) is 25.6 Å². The van der Waals surface area contributed by atoms with Crippen molar-refractivity contribution in [2.75, 3.05) is 19.5 Å². The van der Waals surface area contributed by atoms with Gasteiger partial charge in [-0.3, -0.25) is 0 Å². The second kappa shape index (κ2) is 7.22. The molecule has 0 aromatic heterocycles.